The van der Waals surface area contributed by atoms with Crippen LogP contribution in [0, 0.1) is 0 Å². The third-order valence-corrected chi connectivity index (χ3v) is 2.66. The van der Waals surface area contributed by atoms with Crippen molar-refractivity contribution in [3.63, 3.8) is 0 Å². The normalized spacial score (nSPS) is 16.4. The third-order valence-electron chi connectivity index (χ3n) is 2.00. The van der Waals surface area contributed by atoms with E-state index in [1.807, 2.05) is 25.1 Å². The molecule has 4 nitrogen and oxygen atoms in total. The molecule has 0 saturated heterocycles. The number of halogens is 1. The predicted molar refractivity (Wildman–Crippen MR) is 60.9 cm³/mol. The minimum Gasteiger partial charge on any atom is -0.395 e. The maximum Gasteiger partial charge on any atom is 0.278 e. The lowest BCUT2D eigenvalue weighted by atomic mass is 10.1. The molecule has 0 fully saturated rings. The highest BCUT2D eigenvalue weighted by molar-refractivity contribution is 9.10. The van der Waals surface area contributed by atoms with E-state index in [2.05, 4.69) is 26.4 Å². The van der Waals surface area contributed by atoms with Crippen LogP contribution in [0.2, 0.25) is 0 Å². The standard InChI is InChI=1S/C10H9BrN2O2/c1-2-15-13-9-8-6(11)4-3-5-7(8)12-10(9)14/h3-5H,2H2,1H3,(H,12,13,14). The topological polar surface area (TPSA) is 50.7 Å². The number of fused-ring (bicyclic) bond motifs is 1. The molecule has 1 aliphatic heterocycles. The lowest BCUT2D eigenvalue weighted by Crippen LogP contribution is -2.14. The van der Waals surface area contributed by atoms with Crippen LogP contribution in [-0.2, 0) is 9.63 Å². The van der Waals surface area contributed by atoms with E-state index in [9.17, 15) is 4.79 Å². The summed E-state index contributed by atoms with van der Waals surface area (Å²) in [5.74, 6) is -0.231. The molecule has 1 aromatic carbocycles. The van der Waals surface area contributed by atoms with Crippen molar-refractivity contribution in [3.8, 4) is 0 Å². The van der Waals surface area contributed by atoms with E-state index in [0.29, 0.717) is 12.3 Å². The number of nitrogens with one attached hydrogen (secondary N) is 1. The van der Waals surface area contributed by atoms with E-state index in [4.69, 9.17) is 4.84 Å². The molecular formula is C10H9BrN2O2. The van der Waals surface area contributed by atoms with Crippen LogP contribution in [0.15, 0.2) is 27.8 Å². The second kappa shape index (κ2) is 4.02. The second-order valence-electron chi connectivity index (χ2n) is 2.97. The molecule has 5 heteroatoms. The lowest BCUT2D eigenvalue weighted by Gasteiger charge is -1.99. The van der Waals surface area contributed by atoms with Gasteiger partial charge >= 0.3 is 0 Å². The molecule has 0 unspecified atom stereocenters. The fourth-order valence-corrected chi connectivity index (χ4v) is 1.93. The molecule has 1 heterocycles. The van der Waals surface area contributed by atoms with Crippen molar-refractivity contribution in [2.75, 3.05) is 11.9 Å². The number of carbonyl (C=O) groups is 1. The summed E-state index contributed by atoms with van der Waals surface area (Å²) in [5.41, 5.74) is 1.84. The zero-order valence-electron chi connectivity index (χ0n) is 8.08. The minimum atomic E-state index is -0.231. The molecule has 15 heavy (non-hydrogen) atoms. The van der Waals surface area contributed by atoms with E-state index < -0.39 is 0 Å². The first-order valence-electron chi connectivity index (χ1n) is 4.54. The van der Waals surface area contributed by atoms with Gasteiger partial charge < -0.3 is 10.2 Å². The Morgan fingerprint density at radius 1 is 1.53 bits per heavy atom. The first kappa shape index (κ1) is 10.2. The minimum absolute atomic E-state index is 0.231. The number of oxime groups is 1. The highest BCUT2D eigenvalue weighted by Crippen LogP contribution is 2.30. The Bertz CT molecular complexity index is 443. The number of benzene rings is 1. The Balaban J connectivity index is 2.49. The van der Waals surface area contributed by atoms with Crippen LogP contribution in [0.25, 0.3) is 0 Å². The molecule has 1 N–H and O–H groups in total. The monoisotopic (exact) mass is 268 g/mol. The van der Waals surface area contributed by atoms with Crippen molar-refractivity contribution in [2.45, 2.75) is 6.92 Å². The summed E-state index contributed by atoms with van der Waals surface area (Å²) in [6.07, 6.45) is 0. The van der Waals surface area contributed by atoms with Gasteiger partial charge in [-0.2, -0.15) is 0 Å². The van der Waals surface area contributed by atoms with Gasteiger partial charge in [0.1, 0.15) is 6.61 Å². The van der Waals surface area contributed by atoms with Crippen molar-refractivity contribution >= 4 is 33.2 Å². The predicted octanol–water partition coefficient (Wildman–Crippen LogP) is 2.14. The van der Waals surface area contributed by atoms with E-state index in [0.717, 1.165) is 15.7 Å². The molecule has 0 atom stereocenters. The van der Waals surface area contributed by atoms with E-state index >= 15 is 0 Å². The number of rotatable bonds is 2. The number of hydrogen-bond acceptors (Lipinski definition) is 3. The molecule has 0 radical (unpaired) electrons. The Morgan fingerprint density at radius 2 is 2.33 bits per heavy atom. The van der Waals surface area contributed by atoms with Crippen molar-refractivity contribution in [2.24, 2.45) is 5.16 Å². The molecule has 0 aromatic heterocycles. The van der Waals surface area contributed by atoms with Gasteiger partial charge in [0.05, 0.1) is 5.69 Å². The van der Waals surface area contributed by atoms with Crippen LogP contribution >= 0.6 is 15.9 Å². The Morgan fingerprint density at radius 3 is 3.07 bits per heavy atom. The Hall–Kier alpha value is -1.36. The molecule has 1 amide bonds. The first-order chi connectivity index (χ1) is 7.24. The molecule has 1 aromatic rings. The number of nitrogens with zero attached hydrogens (tertiary/aromatic N) is 1. The van der Waals surface area contributed by atoms with Gasteiger partial charge in [0, 0.05) is 10.0 Å². The van der Waals surface area contributed by atoms with Gasteiger partial charge in [-0.1, -0.05) is 27.2 Å². The third kappa shape index (κ3) is 1.74. The maximum atomic E-state index is 11.5. The smallest absolute Gasteiger partial charge is 0.278 e. The molecule has 0 spiro atoms. The molecule has 0 saturated carbocycles. The van der Waals surface area contributed by atoms with Gasteiger partial charge in [0.15, 0.2) is 5.71 Å². The summed E-state index contributed by atoms with van der Waals surface area (Å²) in [6, 6.07) is 5.54. The zero-order valence-corrected chi connectivity index (χ0v) is 9.67. The fraction of sp³-hybridized carbons (Fsp3) is 0.200. The van der Waals surface area contributed by atoms with Crippen LogP contribution in [-0.4, -0.2) is 18.2 Å². The highest BCUT2D eigenvalue weighted by Gasteiger charge is 2.28. The Kier molecular flexibility index (Phi) is 2.73. The SMILES string of the molecule is CCO/N=C1/C(=O)Nc2cccc(Br)c21. The molecular weight excluding hydrogens is 260 g/mol. The van der Waals surface area contributed by atoms with Crippen molar-refractivity contribution in [1.82, 2.24) is 0 Å². The molecule has 0 aliphatic carbocycles. The average molecular weight is 269 g/mol. The lowest BCUT2D eigenvalue weighted by molar-refractivity contribution is -0.110. The number of anilines is 1. The number of amides is 1. The molecule has 78 valence electrons. The Labute approximate surface area is 95.4 Å². The second-order valence-corrected chi connectivity index (χ2v) is 3.83. The summed E-state index contributed by atoms with van der Waals surface area (Å²) in [5, 5.41) is 6.52. The van der Waals surface area contributed by atoms with Gasteiger partial charge in [-0.15, -0.1) is 0 Å². The summed E-state index contributed by atoms with van der Waals surface area (Å²) >= 11 is 3.38. The highest BCUT2D eigenvalue weighted by atomic mass is 79.9. The maximum absolute atomic E-state index is 11.5. The van der Waals surface area contributed by atoms with Gasteiger partial charge in [-0.3, -0.25) is 4.79 Å². The van der Waals surface area contributed by atoms with Crippen LogP contribution in [0.5, 0.6) is 0 Å². The van der Waals surface area contributed by atoms with Gasteiger partial charge in [-0.05, 0) is 19.1 Å². The molecule has 2 rings (SSSR count). The quantitative estimate of drug-likeness (QED) is 0.836. The van der Waals surface area contributed by atoms with Gasteiger partial charge in [0.25, 0.3) is 5.91 Å². The van der Waals surface area contributed by atoms with E-state index in [-0.39, 0.29) is 5.91 Å². The van der Waals surface area contributed by atoms with E-state index in [1.54, 1.807) is 0 Å². The summed E-state index contributed by atoms with van der Waals surface area (Å²) < 4.78 is 0.830. The average Bonchev–Trinajstić information content (AvgIpc) is 2.53. The van der Waals surface area contributed by atoms with Crippen LogP contribution < -0.4 is 5.32 Å². The fourth-order valence-electron chi connectivity index (χ4n) is 1.38. The molecule has 0 bridgehead atoms. The van der Waals surface area contributed by atoms with Gasteiger partial charge in [0.2, 0.25) is 0 Å². The van der Waals surface area contributed by atoms with Crippen molar-refractivity contribution in [1.29, 1.82) is 0 Å². The van der Waals surface area contributed by atoms with Crippen LogP contribution in [0.1, 0.15) is 12.5 Å². The summed E-state index contributed by atoms with van der Waals surface area (Å²) in [4.78, 5) is 16.5. The summed E-state index contributed by atoms with van der Waals surface area (Å²) in [6.45, 7) is 2.26. The zero-order chi connectivity index (χ0) is 10.8. The van der Waals surface area contributed by atoms with E-state index in [1.165, 1.54) is 0 Å². The van der Waals surface area contributed by atoms with Crippen LogP contribution in [0.3, 0.4) is 0 Å². The molecule has 1 aliphatic rings. The number of hydrogen-bond donors (Lipinski definition) is 1. The van der Waals surface area contributed by atoms with Crippen molar-refractivity contribution in [3.05, 3.63) is 28.2 Å². The van der Waals surface area contributed by atoms with Crippen LogP contribution in [0.4, 0.5) is 5.69 Å². The van der Waals surface area contributed by atoms with Crippen molar-refractivity contribution < 1.29 is 9.63 Å². The summed E-state index contributed by atoms with van der Waals surface area (Å²) in [7, 11) is 0. The largest absolute Gasteiger partial charge is 0.395 e. The van der Waals surface area contributed by atoms with Gasteiger partial charge in [-0.25, -0.2) is 0 Å². The number of carbonyl (C=O) groups excluding carboxylic acids is 1. The first-order valence-corrected chi connectivity index (χ1v) is 5.33.